The van der Waals surface area contributed by atoms with Crippen LogP contribution in [-0.4, -0.2) is 42.3 Å². The SMILES string of the molecule is O=C(O)C1(N2CCOCC2)CCc2cc(F)ccc21. The molecule has 1 unspecified atom stereocenters. The van der Waals surface area contributed by atoms with Gasteiger partial charge in [-0.25, -0.2) is 9.18 Å². The van der Waals surface area contributed by atoms with E-state index in [0.29, 0.717) is 39.1 Å². The van der Waals surface area contributed by atoms with E-state index in [-0.39, 0.29) is 5.82 Å². The number of ether oxygens (including phenoxy) is 1. The van der Waals surface area contributed by atoms with Gasteiger partial charge in [0.15, 0.2) is 0 Å². The van der Waals surface area contributed by atoms with Crippen molar-refractivity contribution in [3.05, 3.63) is 35.1 Å². The van der Waals surface area contributed by atoms with Crippen LogP contribution in [0.25, 0.3) is 0 Å². The van der Waals surface area contributed by atoms with E-state index in [1.165, 1.54) is 12.1 Å². The molecular weight excluding hydrogens is 249 g/mol. The summed E-state index contributed by atoms with van der Waals surface area (Å²) in [4.78, 5) is 13.9. The monoisotopic (exact) mass is 265 g/mol. The molecular formula is C14H16FNO3. The first kappa shape index (κ1) is 12.6. The molecule has 1 aliphatic carbocycles. The number of rotatable bonds is 2. The van der Waals surface area contributed by atoms with Gasteiger partial charge in [-0.05, 0) is 36.1 Å². The highest BCUT2D eigenvalue weighted by atomic mass is 19.1. The van der Waals surface area contributed by atoms with Gasteiger partial charge < -0.3 is 9.84 Å². The molecule has 0 radical (unpaired) electrons. The molecule has 4 nitrogen and oxygen atoms in total. The quantitative estimate of drug-likeness (QED) is 0.877. The maximum atomic E-state index is 13.3. The highest BCUT2D eigenvalue weighted by molar-refractivity contribution is 5.82. The van der Waals surface area contributed by atoms with Gasteiger partial charge in [0, 0.05) is 13.1 Å². The lowest BCUT2D eigenvalue weighted by Gasteiger charge is -2.40. The zero-order chi connectivity index (χ0) is 13.5. The Balaban J connectivity index is 2.06. The molecule has 5 heteroatoms. The second-order valence-corrected chi connectivity index (χ2v) is 5.07. The summed E-state index contributed by atoms with van der Waals surface area (Å²) in [5.74, 6) is -1.15. The molecule has 1 saturated heterocycles. The first-order valence-electron chi connectivity index (χ1n) is 6.50. The van der Waals surface area contributed by atoms with Gasteiger partial charge in [-0.1, -0.05) is 6.07 Å². The van der Waals surface area contributed by atoms with Gasteiger partial charge >= 0.3 is 5.97 Å². The number of benzene rings is 1. The fourth-order valence-electron chi connectivity index (χ4n) is 3.25. The van der Waals surface area contributed by atoms with Crippen LogP contribution >= 0.6 is 0 Å². The zero-order valence-corrected chi connectivity index (χ0v) is 10.6. The van der Waals surface area contributed by atoms with Crippen molar-refractivity contribution in [1.82, 2.24) is 4.90 Å². The van der Waals surface area contributed by atoms with Crippen LogP contribution in [-0.2, 0) is 21.5 Å². The number of carbonyl (C=O) groups is 1. The lowest BCUT2D eigenvalue weighted by Crippen LogP contribution is -2.54. The Morgan fingerprint density at radius 1 is 1.37 bits per heavy atom. The summed E-state index contributed by atoms with van der Waals surface area (Å²) in [6.07, 6.45) is 1.11. The summed E-state index contributed by atoms with van der Waals surface area (Å²) in [5.41, 5.74) is 0.546. The predicted octanol–water partition coefficient (Wildman–Crippen LogP) is 1.38. The highest BCUT2D eigenvalue weighted by Crippen LogP contribution is 2.42. The summed E-state index contributed by atoms with van der Waals surface area (Å²) in [6, 6.07) is 4.43. The first-order valence-corrected chi connectivity index (χ1v) is 6.50. The number of nitrogens with zero attached hydrogens (tertiary/aromatic N) is 1. The number of hydrogen-bond acceptors (Lipinski definition) is 3. The van der Waals surface area contributed by atoms with Crippen LogP contribution in [0.15, 0.2) is 18.2 Å². The summed E-state index contributed by atoms with van der Waals surface area (Å²) in [5, 5.41) is 9.76. The Bertz CT molecular complexity index is 513. The van der Waals surface area contributed by atoms with Crippen molar-refractivity contribution in [1.29, 1.82) is 0 Å². The van der Waals surface area contributed by atoms with Crippen molar-refractivity contribution in [2.24, 2.45) is 0 Å². The average molecular weight is 265 g/mol. The van der Waals surface area contributed by atoms with Crippen LogP contribution in [0.5, 0.6) is 0 Å². The molecule has 0 spiro atoms. The van der Waals surface area contributed by atoms with E-state index in [9.17, 15) is 14.3 Å². The fraction of sp³-hybridized carbons (Fsp3) is 0.500. The molecule has 0 aromatic heterocycles. The number of hydrogen-bond donors (Lipinski definition) is 1. The zero-order valence-electron chi connectivity index (χ0n) is 10.6. The van der Waals surface area contributed by atoms with Crippen molar-refractivity contribution in [3.8, 4) is 0 Å². The molecule has 102 valence electrons. The van der Waals surface area contributed by atoms with Crippen molar-refractivity contribution in [2.75, 3.05) is 26.3 Å². The third-order valence-electron chi connectivity index (χ3n) is 4.17. The molecule has 1 N–H and O–H groups in total. The molecule has 1 heterocycles. The first-order chi connectivity index (χ1) is 9.14. The van der Waals surface area contributed by atoms with E-state index in [1.54, 1.807) is 6.07 Å². The molecule has 0 amide bonds. The Morgan fingerprint density at radius 2 is 2.11 bits per heavy atom. The van der Waals surface area contributed by atoms with E-state index in [4.69, 9.17) is 4.74 Å². The molecule has 0 bridgehead atoms. The number of aryl methyl sites for hydroxylation is 1. The van der Waals surface area contributed by atoms with Crippen LogP contribution in [0.3, 0.4) is 0 Å². The van der Waals surface area contributed by atoms with E-state index in [1.807, 2.05) is 4.90 Å². The maximum absolute atomic E-state index is 13.3. The maximum Gasteiger partial charge on any atom is 0.328 e. The lowest BCUT2D eigenvalue weighted by molar-refractivity contribution is -0.156. The van der Waals surface area contributed by atoms with Gasteiger partial charge in [-0.15, -0.1) is 0 Å². The molecule has 1 aromatic carbocycles. The number of carboxylic acid groups (broad SMARTS) is 1. The van der Waals surface area contributed by atoms with Crippen LogP contribution in [0.4, 0.5) is 4.39 Å². The largest absolute Gasteiger partial charge is 0.480 e. The van der Waals surface area contributed by atoms with Crippen molar-refractivity contribution in [3.63, 3.8) is 0 Å². The van der Waals surface area contributed by atoms with E-state index in [0.717, 1.165) is 11.1 Å². The lowest BCUT2D eigenvalue weighted by atomic mass is 9.89. The summed E-state index contributed by atoms with van der Waals surface area (Å²) in [6.45, 7) is 2.29. The van der Waals surface area contributed by atoms with Crippen LogP contribution in [0.1, 0.15) is 17.5 Å². The third kappa shape index (κ3) is 1.84. The Hall–Kier alpha value is -1.46. The molecule has 1 aromatic rings. The van der Waals surface area contributed by atoms with Crippen LogP contribution in [0, 0.1) is 5.82 Å². The summed E-state index contributed by atoms with van der Waals surface area (Å²) < 4.78 is 18.6. The van der Waals surface area contributed by atoms with Crippen molar-refractivity contribution >= 4 is 5.97 Å². The minimum absolute atomic E-state index is 0.304. The van der Waals surface area contributed by atoms with Gasteiger partial charge in [-0.3, -0.25) is 4.90 Å². The van der Waals surface area contributed by atoms with Gasteiger partial charge in [0.1, 0.15) is 11.4 Å². The van der Waals surface area contributed by atoms with Crippen LogP contribution < -0.4 is 0 Å². The van der Waals surface area contributed by atoms with Gasteiger partial charge in [-0.2, -0.15) is 0 Å². The summed E-state index contributed by atoms with van der Waals surface area (Å²) in [7, 11) is 0. The van der Waals surface area contributed by atoms with E-state index < -0.39 is 11.5 Å². The van der Waals surface area contributed by atoms with Gasteiger partial charge in [0.2, 0.25) is 0 Å². The molecule has 1 fully saturated rings. The number of fused-ring (bicyclic) bond motifs is 1. The number of aliphatic carboxylic acids is 1. The highest BCUT2D eigenvalue weighted by Gasteiger charge is 2.50. The fourth-order valence-corrected chi connectivity index (χ4v) is 3.25. The third-order valence-corrected chi connectivity index (χ3v) is 4.17. The second kappa shape index (κ2) is 4.58. The van der Waals surface area contributed by atoms with Crippen molar-refractivity contribution in [2.45, 2.75) is 18.4 Å². The standard InChI is InChI=1S/C14H16FNO3/c15-11-1-2-12-10(9-11)3-4-14(12,13(17)18)16-5-7-19-8-6-16/h1-2,9H,3-8H2,(H,17,18). The van der Waals surface area contributed by atoms with E-state index >= 15 is 0 Å². The Morgan fingerprint density at radius 3 is 2.79 bits per heavy atom. The average Bonchev–Trinajstić information content (AvgIpc) is 2.79. The molecule has 1 aliphatic heterocycles. The Kier molecular flexibility index (Phi) is 3.03. The predicted molar refractivity (Wildman–Crippen MR) is 66.4 cm³/mol. The smallest absolute Gasteiger partial charge is 0.328 e. The number of halogens is 1. The molecule has 19 heavy (non-hydrogen) atoms. The number of morpholine rings is 1. The summed E-state index contributed by atoms with van der Waals surface area (Å²) >= 11 is 0. The molecule has 1 atom stereocenters. The molecule has 2 aliphatic rings. The topological polar surface area (TPSA) is 49.8 Å². The Labute approximate surface area is 110 Å². The van der Waals surface area contributed by atoms with E-state index in [2.05, 4.69) is 0 Å². The molecule has 3 rings (SSSR count). The normalized spacial score (nSPS) is 27.2. The van der Waals surface area contributed by atoms with Crippen LogP contribution in [0.2, 0.25) is 0 Å². The van der Waals surface area contributed by atoms with Gasteiger partial charge in [0.05, 0.1) is 13.2 Å². The minimum Gasteiger partial charge on any atom is -0.480 e. The second-order valence-electron chi connectivity index (χ2n) is 5.07. The molecule has 0 saturated carbocycles. The minimum atomic E-state index is -1.01. The number of carboxylic acids is 1. The van der Waals surface area contributed by atoms with Crippen molar-refractivity contribution < 1.29 is 19.0 Å². The van der Waals surface area contributed by atoms with Gasteiger partial charge in [0.25, 0.3) is 0 Å².